The van der Waals surface area contributed by atoms with Gasteiger partial charge in [-0.15, -0.1) is 0 Å². The Morgan fingerprint density at radius 1 is 1.13 bits per heavy atom. The molecule has 30 heavy (non-hydrogen) atoms. The quantitative estimate of drug-likeness (QED) is 0.501. The lowest BCUT2D eigenvalue weighted by atomic mass is 10.1. The molecule has 0 aliphatic carbocycles. The van der Waals surface area contributed by atoms with E-state index in [1.807, 2.05) is 24.3 Å². The average molecular weight is 474 g/mol. The monoisotopic (exact) mass is 473 g/mol. The zero-order chi connectivity index (χ0) is 21.7. The molecular formula is C22H24BrN3O4. The van der Waals surface area contributed by atoms with Crippen molar-refractivity contribution in [1.82, 2.24) is 14.5 Å². The van der Waals surface area contributed by atoms with E-state index in [4.69, 9.17) is 9.47 Å². The molecule has 0 radical (unpaired) electrons. The van der Waals surface area contributed by atoms with Crippen molar-refractivity contribution in [3.05, 3.63) is 63.1 Å². The molecule has 0 bridgehead atoms. The first-order chi connectivity index (χ1) is 14.4. The van der Waals surface area contributed by atoms with Gasteiger partial charge >= 0.3 is 0 Å². The number of fused-ring (bicyclic) bond motifs is 1. The zero-order valence-corrected chi connectivity index (χ0v) is 18.8. The van der Waals surface area contributed by atoms with Crippen LogP contribution in [0.25, 0.3) is 10.9 Å². The topological polar surface area (TPSA) is 73.7 Å². The third kappa shape index (κ3) is 4.99. The summed E-state index contributed by atoms with van der Waals surface area (Å²) in [4.78, 5) is 31.2. The minimum absolute atomic E-state index is 0.0308. The van der Waals surface area contributed by atoms with E-state index in [0.29, 0.717) is 35.4 Å². The molecule has 1 aromatic heterocycles. The van der Waals surface area contributed by atoms with Crippen molar-refractivity contribution in [1.29, 1.82) is 0 Å². The summed E-state index contributed by atoms with van der Waals surface area (Å²) in [6, 6.07) is 11.1. The van der Waals surface area contributed by atoms with Crippen molar-refractivity contribution < 1.29 is 14.3 Å². The van der Waals surface area contributed by atoms with Crippen molar-refractivity contribution in [2.75, 3.05) is 27.8 Å². The number of amides is 1. The Morgan fingerprint density at radius 3 is 2.63 bits per heavy atom. The Balaban J connectivity index is 1.59. The Labute approximate surface area is 183 Å². The number of carbonyl (C=O) groups is 1. The SMILES string of the molecule is COc1ccc(CCN(C)C(=O)CCn2cnc3ccc(Br)cc3c2=O)cc1OC. The molecule has 1 heterocycles. The fraction of sp³-hybridized carbons (Fsp3) is 0.318. The van der Waals surface area contributed by atoms with Crippen LogP contribution in [0.4, 0.5) is 0 Å². The predicted molar refractivity (Wildman–Crippen MR) is 119 cm³/mol. The van der Waals surface area contributed by atoms with Gasteiger partial charge in [0, 0.05) is 31.0 Å². The second kappa shape index (κ2) is 9.75. The van der Waals surface area contributed by atoms with Crippen LogP contribution in [0.2, 0.25) is 0 Å². The number of halogens is 1. The Hall–Kier alpha value is -2.87. The van der Waals surface area contributed by atoms with Crippen LogP contribution >= 0.6 is 15.9 Å². The molecule has 0 unspecified atom stereocenters. The highest BCUT2D eigenvalue weighted by molar-refractivity contribution is 9.10. The molecule has 2 aromatic carbocycles. The first-order valence-electron chi connectivity index (χ1n) is 9.52. The molecule has 0 N–H and O–H groups in total. The molecule has 0 fully saturated rings. The highest BCUT2D eigenvalue weighted by Gasteiger charge is 2.12. The van der Waals surface area contributed by atoms with Gasteiger partial charge in [0.15, 0.2) is 11.5 Å². The zero-order valence-electron chi connectivity index (χ0n) is 17.2. The van der Waals surface area contributed by atoms with E-state index in [0.717, 1.165) is 10.0 Å². The largest absolute Gasteiger partial charge is 0.493 e. The van der Waals surface area contributed by atoms with E-state index in [-0.39, 0.29) is 24.4 Å². The Kier molecular flexibility index (Phi) is 7.10. The van der Waals surface area contributed by atoms with Crippen LogP contribution in [0, 0.1) is 0 Å². The maximum absolute atomic E-state index is 12.6. The molecule has 0 aliphatic rings. The molecule has 8 heteroatoms. The number of hydrogen-bond acceptors (Lipinski definition) is 5. The summed E-state index contributed by atoms with van der Waals surface area (Å²) in [5, 5.41) is 0.529. The van der Waals surface area contributed by atoms with E-state index < -0.39 is 0 Å². The molecule has 0 saturated carbocycles. The van der Waals surface area contributed by atoms with Gasteiger partial charge in [-0.1, -0.05) is 22.0 Å². The van der Waals surface area contributed by atoms with Crippen molar-refractivity contribution in [3.8, 4) is 11.5 Å². The lowest BCUT2D eigenvalue weighted by molar-refractivity contribution is -0.130. The van der Waals surface area contributed by atoms with Gasteiger partial charge < -0.3 is 14.4 Å². The van der Waals surface area contributed by atoms with Crippen LogP contribution in [0.3, 0.4) is 0 Å². The molecule has 0 aliphatic heterocycles. The van der Waals surface area contributed by atoms with Gasteiger partial charge in [-0.25, -0.2) is 4.98 Å². The molecule has 0 saturated heterocycles. The fourth-order valence-electron chi connectivity index (χ4n) is 3.16. The molecule has 158 valence electrons. The fourth-order valence-corrected chi connectivity index (χ4v) is 3.52. The first-order valence-corrected chi connectivity index (χ1v) is 10.3. The number of nitrogens with zero attached hydrogens (tertiary/aromatic N) is 3. The second-order valence-electron chi connectivity index (χ2n) is 6.91. The summed E-state index contributed by atoms with van der Waals surface area (Å²) >= 11 is 3.37. The van der Waals surface area contributed by atoms with Gasteiger partial charge in [-0.3, -0.25) is 14.2 Å². The van der Waals surface area contributed by atoms with Crippen molar-refractivity contribution in [3.63, 3.8) is 0 Å². The summed E-state index contributed by atoms with van der Waals surface area (Å²) in [6.45, 7) is 0.847. The summed E-state index contributed by atoms with van der Waals surface area (Å²) in [5.41, 5.74) is 1.53. The first kappa shape index (κ1) is 21.8. The lowest BCUT2D eigenvalue weighted by Crippen LogP contribution is -2.31. The van der Waals surface area contributed by atoms with Crippen LogP contribution < -0.4 is 15.0 Å². The number of benzene rings is 2. The minimum Gasteiger partial charge on any atom is -0.493 e. The van der Waals surface area contributed by atoms with Gasteiger partial charge in [-0.05, 0) is 42.3 Å². The molecule has 1 amide bonds. The van der Waals surface area contributed by atoms with Crippen molar-refractivity contribution >= 4 is 32.7 Å². The highest BCUT2D eigenvalue weighted by Crippen LogP contribution is 2.27. The van der Waals surface area contributed by atoms with E-state index in [1.165, 1.54) is 10.9 Å². The van der Waals surface area contributed by atoms with Crippen LogP contribution in [0.5, 0.6) is 11.5 Å². The van der Waals surface area contributed by atoms with Gasteiger partial charge in [0.1, 0.15) is 0 Å². The second-order valence-corrected chi connectivity index (χ2v) is 7.82. The minimum atomic E-state index is -0.151. The predicted octanol–water partition coefficient (Wildman–Crippen LogP) is 3.27. The number of likely N-dealkylation sites (N-methyl/N-ethyl adjacent to an activating group) is 1. The summed E-state index contributed by atoms with van der Waals surface area (Å²) in [6.07, 6.45) is 2.41. The maximum Gasteiger partial charge on any atom is 0.261 e. The van der Waals surface area contributed by atoms with Crippen LogP contribution in [-0.2, 0) is 17.8 Å². The van der Waals surface area contributed by atoms with E-state index in [1.54, 1.807) is 38.3 Å². The van der Waals surface area contributed by atoms with Crippen molar-refractivity contribution in [2.45, 2.75) is 19.4 Å². The number of ether oxygens (including phenoxy) is 2. The smallest absolute Gasteiger partial charge is 0.261 e. The third-order valence-corrected chi connectivity index (χ3v) is 5.46. The maximum atomic E-state index is 12.6. The van der Waals surface area contributed by atoms with Gasteiger partial charge in [0.05, 0.1) is 31.4 Å². The number of aryl methyl sites for hydroxylation is 1. The number of carbonyl (C=O) groups excluding carboxylic acids is 1. The van der Waals surface area contributed by atoms with E-state index >= 15 is 0 Å². The third-order valence-electron chi connectivity index (χ3n) is 4.96. The molecule has 7 nitrogen and oxygen atoms in total. The summed E-state index contributed by atoms with van der Waals surface area (Å²) in [5.74, 6) is 1.31. The summed E-state index contributed by atoms with van der Waals surface area (Å²) in [7, 11) is 4.96. The Morgan fingerprint density at radius 2 is 1.90 bits per heavy atom. The molecule has 0 atom stereocenters. The molecule has 3 aromatic rings. The number of hydrogen-bond donors (Lipinski definition) is 0. The lowest BCUT2D eigenvalue weighted by Gasteiger charge is -2.18. The van der Waals surface area contributed by atoms with Crippen LogP contribution in [-0.4, -0.2) is 48.2 Å². The van der Waals surface area contributed by atoms with Gasteiger partial charge in [0.2, 0.25) is 5.91 Å². The Bertz CT molecular complexity index is 1110. The molecule has 0 spiro atoms. The number of aromatic nitrogens is 2. The van der Waals surface area contributed by atoms with Crippen LogP contribution in [0.1, 0.15) is 12.0 Å². The van der Waals surface area contributed by atoms with Crippen molar-refractivity contribution in [2.24, 2.45) is 0 Å². The van der Waals surface area contributed by atoms with E-state index in [2.05, 4.69) is 20.9 Å². The normalized spacial score (nSPS) is 10.8. The summed E-state index contributed by atoms with van der Waals surface area (Å²) < 4.78 is 12.9. The standard InChI is InChI=1S/C22H24BrN3O4/c1-25(10-8-15-4-7-19(29-2)20(12-15)30-3)21(27)9-11-26-14-24-18-6-5-16(23)13-17(18)22(26)28/h4-7,12-14H,8-11H2,1-3H3. The van der Waals surface area contributed by atoms with Crippen LogP contribution in [0.15, 0.2) is 52.0 Å². The van der Waals surface area contributed by atoms with E-state index in [9.17, 15) is 9.59 Å². The number of methoxy groups -OCH3 is 2. The highest BCUT2D eigenvalue weighted by atomic mass is 79.9. The average Bonchev–Trinajstić information content (AvgIpc) is 2.76. The number of rotatable bonds is 8. The van der Waals surface area contributed by atoms with Gasteiger partial charge in [0.25, 0.3) is 5.56 Å². The van der Waals surface area contributed by atoms with Gasteiger partial charge in [-0.2, -0.15) is 0 Å². The molecule has 3 rings (SSSR count). The molecular weight excluding hydrogens is 450 g/mol.